The van der Waals surface area contributed by atoms with Crippen LogP contribution < -0.4 is 24.5 Å². The number of nitrogens with one attached hydrogen (secondary N) is 1. The zero-order valence-electron chi connectivity index (χ0n) is 15.4. The molecule has 1 aromatic carbocycles. The molecule has 152 valence electrons. The highest BCUT2D eigenvalue weighted by Crippen LogP contribution is 2.37. The minimum Gasteiger partial charge on any atom is -0.467 e. The molecular weight excluding hydrogens is 386 g/mol. The number of nitro benzene ring substituents is 1. The lowest BCUT2D eigenvalue weighted by Crippen LogP contribution is -2.37. The molecule has 0 bridgehead atoms. The number of nitrogens with zero attached hydrogens (tertiary/aromatic N) is 6. The van der Waals surface area contributed by atoms with Crippen LogP contribution in [-0.4, -0.2) is 66.3 Å². The molecule has 1 aromatic heterocycles. The van der Waals surface area contributed by atoms with Crippen LogP contribution in [0.2, 0.25) is 0 Å². The average Bonchev–Trinajstić information content (AvgIpc) is 3.21. The molecule has 29 heavy (non-hydrogen) atoms. The Morgan fingerprint density at radius 2 is 2.00 bits per heavy atom. The molecule has 0 aliphatic carbocycles. The molecule has 2 aliphatic heterocycles. The van der Waals surface area contributed by atoms with E-state index in [1.165, 1.54) is 25.5 Å². The van der Waals surface area contributed by atoms with E-state index >= 15 is 0 Å². The molecule has 1 fully saturated rings. The number of hydrazone groups is 1. The Labute approximate surface area is 164 Å². The van der Waals surface area contributed by atoms with Crippen molar-refractivity contribution in [3.05, 3.63) is 27.8 Å². The van der Waals surface area contributed by atoms with Crippen LogP contribution in [0.15, 0.2) is 17.2 Å². The number of fused-ring (bicyclic) bond motifs is 1. The van der Waals surface area contributed by atoms with E-state index in [-0.39, 0.29) is 30.0 Å². The highest BCUT2D eigenvalue weighted by molar-refractivity contribution is 5.87. The van der Waals surface area contributed by atoms with E-state index in [1.54, 1.807) is 0 Å². The summed E-state index contributed by atoms with van der Waals surface area (Å²) in [5, 5.41) is 15.3. The van der Waals surface area contributed by atoms with Gasteiger partial charge in [-0.15, -0.1) is 0 Å². The van der Waals surface area contributed by atoms with E-state index in [0.717, 1.165) is 0 Å². The Morgan fingerprint density at radius 3 is 2.72 bits per heavy atom. The fraction of sp³-hybridized carbons (Fsp3) is 0.375. The number of methoxy groups -OCH3 is 1. The molecule has 0 atom stereocenters. The van der Waals surface area contributed by atoms with Crippen molar-refractivity contribution in [2.24, 2.45) is 5.10 Å². The van der Waals surface area contributed by atoms with Gasteiger partial charge in [-0.3, -0.25) is 10.1 Å². The summed E-state index contributed by atoms with van der Waals surface area (Å²) in [6.07, 6.45) is 1.28. The third-order valence-electron chi connectivity index (χ3n) is 4.17. The third kappa shape index (κ3) is 4.08. The van der Waals surface area contributed by atoms with E-state index in [2.05, 4.69) is 25.5 Å². The molecule has 13 heteroatoms. The molecule has 0 unspecified atom stereocenters. The van der Waals surface area contributed by atoms with Gasteiger partial charge in [-0.2, -0.15) is 20.1 Å². The Kier molecular flexibility index (Phi) is 5.20. The van der Waals surface area contributed by atoms with Gasteiger partial charge in [0, 0.05) is 13.1 Å². The largest absolute Gasteiger partial charge is 0.467 e. The summed E-state index contributed by atoms with van der Waals surface area (Å²) in [5.74, 6) is 1.29. The van der Waals surface area contributed by atoms with Gasteiger partial charge in [-0.25, -0.2) is 5.43 Å². The highest BCUT2D eigenvalue weighted by atomic mass is 16.7. The SMILES string of the molecule is COc1nc(NN=Cc2cc3c(cc2[N+](=O)[O-])OCO3)nc(N2CCOCC2)n1. The normalized spacial score (nSPS) is 15.6. The van der Waals surface area contributed by atoms with Crippen molar-refractivity contribution in [1.29, 1.82) is 0 Å². The second kappa shape index (κ2) is 8.10. The van der Waals surface area contributed by atoms with Gasteiger partial charge < -0.3 is 23.8 Å². The van der Waals surface area contributed by atoms with E-state index in [0.29, 0.717) is 43.8 Å². The molecule has 0 saturated carbocycles. The Bertz CT molecular complexity index is 948. The number of nitro groups is 1. The van der Waals surface area contributed by atoms with Crippen LogP contribution in [0, 0.1) is 10.1 Å². The zero-order valence-corrected chi connectivity index (χ0v) is 15.4. The molecule has 4 rings (SSSR count). The fourth-order valence-electron chi connectivity index (χ4n) is 2.76. The van der Waals surface area contributed by atoms with Gasteiger partial charge in [0.15, 0.2) is 11.5 Å². The second-order valence-corrected chi connectivity index (χ2v) is 5.94. The molecule has 13 nitrogen and oxygen atoms in total. The summed E-state index contributed by atoms with van der Waals surface area (Å²) in [4.78, 5) is 25.4. The van der Waals surface area contributed by atoms with Crippen LogP contribution in [0.25, 0.3) is 0 Å². The maximum absolute atomic E-state index is 11.3. The van der Waals surface area contributed by atoms with Gasteiger partial charge in [-0.05, 0) is 6.07 Å². The maximum Gasteiger partial charge on any atom is 0.322 e. The van der Waals surface area contributed by atoms with Gasteiger partial charge in [0.2, 0.25) is 12.7 Å². The third-order valence-corrected chi connectivity index (χ3v) is 4.17. The van der Waals surface area contributed by atoms with Gasteiger partial charge in [0.25, 0.3) is 11.6 Å². The van der Waals surface area contributed by atoms with Crippen LogP contribution in [-0.2, 0) is 4.74 Å². The van der Waals surface area contributed by atoms with Crippen molar-refractivity contribution < 1.29 is 23.9 Å². The van der Waals surface area contributed by atoms with E-state index in [1.807, 2.05) is 4.90 Å². The zero-order chi connectivity index (χ0) is 20.2. The number of benzene rings is 1. The number of hydrogen-bond acceptors (Lipinski definition) is 12. The molecular formula is C16H17N7O6. The Balaban J connectivity index is 1.56. The number of hydrogen-bond donors (Lipinski definition) is 1. The molecule has 2 aliphatic rings. The minimum absolute atomic E-state index is 0.0142. The summed E-state index contributed by atoms with van der Waals surface area (Å²) in [6, 6.07) is 2.90. The summed E-state index contributed by atoms with van der Waals surface area (Å²) in [6.45, 7) is 2.43. The van der Waals surface area contributed by atoms with Gasteiger partial charge >= 0.3 is 6.01 Å². The summed E-state index contributed by atoms with van der Waals surface area (Å²) >= 11 is 0. The van der Waals surface area contributed by atoms with Crippen molar-refractivity contribution in [2.75, 3.05) is 50.5 Å². The van der Waals surface area contributed by atoms with Crippen molar-refractivity contribution in [3.8, 4) is 17.5 Å². The van der Waals surface area contributed by atoms with Crippen molar-refractivity contribution >= 4 is 23.8 Å². The van der Waals surface area contributed by atoms with Crippen LogP contribution >= 0.6 is 0 Å². The summed E-state index contributed by atoms with van der Waals surface area (Å²) in [5.41, 5.74) is 2.73. The number of morpholine rings is 1. The first-order valence-corrected chi connectivity index (χ1v) is 8.64. The van der Waals surface area contributed by atoms with Gasteiger partial charge in [0.05, 0.1) is 43.1 Å². The lowest BCUT2D eigenvalue weighted by molar-refractivity contribution is -0.385. The minimum atomic E-state index is -0.522. The van der Waals surface area contributed by atoms with E-state index in [9.17, 15) is 10.1 Å². The van der Waals surface area contributed by atoms with E-state index < -0.39 is 4.92 Å². The monoisotopic (exact) mass is 403 g/mol. The molecule has 2 aromatic rings. The topological polar surface area (TPSA) is 146 Å². The van der Waals surface area contributed by atoms with Crippen LogP contribution in [0.3, 0.4) is 0 Å². The Hall–Kier alpha value is -3.74. The molecule has 0 radical (unpaired) electrons. The molecule has 0 spiro atoms. The Morgan fingerprint density at radius 1 is 1.24 bits per heavy atom. The van der Waals surface area contributed by atoms with Crippen molar-refractivity contribution in [2.45, 2.75) is 0 Å². The second-order valence-electron chi connectivity index (χ2n) is 5.94. The standard InChI is InChI=1S/C16H17N7O6/c1-26-16-19-14(18-15(20-16)22-2-4-27-5-3-22)21-17-8-10-6-12-13(29-9-28-12)7-11(10)23(24)25/h6-8H,2-5,9H2,1H3,(H,18,19,20,21). The number of aromatic nitrogens is 3. The summed E-state index contributed by atoms with van der Waals surface area (Å²) < 4.78 is 20.9. The number of rotatable bonds is 6. The predicted molar refractivity (Wildman–Crippen MR) is 99.8 cm³/mol. The molecule has 1 saturated heterocycles. The van der Waals surface area contributed by atoms with Crippen LogP contribution in [0.4, 0.5) is 17.6 Å². The van der Waals surface area contributed by atoms with Gasteiger partial charge in [0.1, 0.15) is 0 Å². The predicted octanol–water partition coefficient (Wildman–Crippen LogP) is 0.800. The highest BCUT2D eigenvalue weighted by Gasteiger charge is 2.22. The lowest BCUT2D eigenvalue weighted by Gasteiger charge is -2.26. The number of ether oxygens (including phenoxy) is 4. The van der Waals surface area contributed by atoms with Crippen molar-refractivity contribution in [3.63, 3.8) is 0 Å². The fourth-order valence-corrected chi connectivity index (χ4v) is 2.76. The first-order chi connectivity index (χ1) is 14.1. The molecule has 0 amide bonds. The van der Waals surface area contributed by atoms with Crippen LogP contribution in [0.1, 0.15) is 5.56 Å². The maximum atomic E-state index is 11.3. The first kappa shape index (κ1) is 18.6. The van der Waals surface area contributed by atoms with Gasteiger partial charge in [-0.1, -0.05) is 0 Å². The molecule has 1 N–H and O–H groups in total. The number of anilines is 2. The van der Waals surface area contributed by atoms with E-state index in [4.69, 9.17) is 18.9 Å². The first-order valence-electron chi connectivity index (χ1n) is 8.64. The summed E-state index contributed by atoms with van der Waals surface area (Å²) in [7, 11) is 1.45. The van der Waals surface area contributed by atoms with Crippen molar-refractivity contribution in [1.82, 2.24) is 15.0 Å². The quantitative estimate of drug-likeness (QED) is 0.415. The molecule has 3 heterocycles. The lowest BCUT2D eigenvalue weighted by atomic mass is 10.1. The van der Waals surface area contributed by atoms with Crippen LogP contribution in [0.5, 0.6) is 17.5 Å². The smallest absolute Gasteiger partial charge is 0.322 e. The average molecular weight is 403 g/mol.